The normalized spacial score (nSPS) is 10.4. The van der Waals surface area contributed by atoms with Gasteiger partial charge in [-0.2, -0.15) is 0 Å². The highest BCUT2D eigenvalue weighted by Crippen LogP contribution is 2.29. The number of aldehydes is 1. The topological polar surface area (TPSA) is 64.6 Å². The molecule has 0 aliphatic carbocycles. The van der Waals surface area contributed by atoms with Crippen molar-refractivity contribution in [3.63, 3.8) is 0 Å². The van der Waals surface area contributed by atoms with Crippen molar-refractivity contribution in [2.24, 2.45) is 0 Å². The highest BCUT2D eigenvalue weighted by Gasteiger charge is 2.17. The summed E-state index contributed by atoms with van der Waals surface area (Å²) in [6, 6.07) is 20.5. The molecule has 0 bridgehead atoms. The van der Waals surface area contributed by atoms with Crippen LogP contribution in [-0.2, 0) is 0 Å². The number of carbonyl (C=O) groups excluding carboxylic acids is 2. The Balaban J connectivity index is 1.91. The molecule has 5 nitrogen and oxygen atoms in total. The summed E-state index contributed by atoms with van der Waals surface area (Å²) in [5, 5.41) is 2.90. The second-order valence-corrected chi connectivity index (χ2v) is 7.45. The lowest BCUT2D eigenvalue weighted by Gasteiger charge is -2.15. The molecule has 0 radical (unpaired) electrons. The van der Waals surface area contributed by atoms with Gasteiger partial charge in [0.25, 0.3) is 5.91 Å². The lowest BCUT2D eigenvalue weighted by molar-refractivity contribution is 0.102. The number of unbranched alkanes of at least 4 members (excludes halogenated alkanes) is 1. The van der Waals surface area contributed by atoms with Crippen LogP contribution < -0.4 is 14.8 Å². The van der Waals surface area contributed by atoms with Crippen molar-refractivity contribution in [1.82, 2.24) is 0 Å². The molecule has 3 aromatic carbocycles. The highest BCUT2D eigenvalue weighted by molar-refractivity contribution is 6.08. The molecular formula is C27H29NO4. The van der Waals surface area contributed by atoms with Gasteiger partial charge in [0.2, 0.25) is 0 Å². The minimum atomic E-state index is -0.355. The number of hydrogen-bond donors (Lipinski definition) is 1. The van der Waals surface area contributed by atoms with Gasteiger partial charge in [-0.25, -0.2) is 0 Å². The Labute approximate surface area is 189 Å². The molecule has 3 rings (SSSR count). The van der Waals surface area contributed by atoms with Crippen molar-refractivity contribution < 1.29 is 19.1 Å². The number of hydrogen-bond acceptors (Lipinski definition) is 4. The zero-order valence-corrected chi connectivity index (χ0v) is 18.6. The third-order valence-electron chi connectivity index (χ3n) is 4.96. The molecule has 0 atom stereocenters. The Hall–Kier alpha value is -3.60. The minimum absolute atomic E-state index is 0.355. The molecule has 0 spiro atoms. The van der Waals surface area contributed by atoms with Crippen LogP contribution in [-0.4, -0.2) is 25.4 Å². The van der Waals surface area contributed by atoms with E-state index < -0.39 is 0 Å². The maximum absolute atomic E-state index is 13.2. The molecule has 0 saturated carbocycles. The summed E-state index contributed by atoms with van der Waals surface area (Å²) in [6.45, 7) is 5.19. The van der Waals surface area contributed by atoms with Gasteiger partial charge in [-0.15, -0.1) is 0 Å². The number of rotatable bonds is 11. The lowest BCUT2D eigenvalue weighted by atomic mass is 10.0. The first-order valence-corrected chi connectivity index (χ1v) is 11.0. The van der Waals surface area contributed by atoms with E-state index in [0.29, 0.717) is 41.5 Å². The first-order valence-electron chi connectivity index (χ1n) is 11.0. The van der Waals surface area contributed by atoms with Crippen LogP contribution in [0.2, 0.25) is 0 Å². The molecule has 3 aromatic rings. The molecular weight excluding hydrogens is 402 g/mol. The number of carbonyl (C=O) groups is 2. The monoisotopic (exact) mass is 431 g/mol. The molecule has 32 heavy (non-hydrogen) atoms. The van der Waals surface area contributed by atoms with Gasteiger partial charge in [-0.3, -0.25) is 9.59 Å². The van der Waals surface area contributed by atoms with Gasteiger partial charge in [0.05, 0.1) is 24.5 Å². The maximum atomic E-state index is 13.2. The SMILES string of the molecule is CCCCOc1ccc(OCCC)cc1C(=O)Nc1cc(-c2ccccc2)ccc1C=O. The fourth-order valence-corrected chi connectivity index (χ4v) is 3.22. The second kappa shape index (κ2) is 11.7. The summed E-state index contributed by atoms with van der Waals surface area (Å²) in [5.41, 5.74) is 3.14. The fraction of sp³-hybridized carbons (Fsp3) is 0.259. The average molecular weight is 432 g/mol. The lowest BCUT2D eigenvalue weighted by Crippen LogP contribution is -2.15. The molecule has 0 aliphatic heterocycles. The van der Waals surface area contributed by atoms with Gasteiger partial charge in [0.1, 0.15) is 11.5 Å². The number of amides is 1. The molecule has 1 amide bonds. The number of nitrogens with one attached hydrogen (secondary N) is 1. The molecule has 5 heteroatoms. The number of ether oxygens (including phenoxy) is 2. The Kier molecular flexibility index (Phi) is 8.44. The van der Waals surface area contributed by atoms with Gasteiger partial charge < -0.3 is 14.8 Å². The smallest absolute Gasteiger partial charge is 0.259 e. The summed E-state index contributed by atoms with van der Waals surface area (Å²) >= 11 is 0. The zero-order chi connectivity index (χ0) is 22.8. The predicted octanol–water partition coefficient (Wildman–Crippen LogP) is 6.39. The van der Waals surface area contributed by atoms with E-state index in [1.54, 1.807) is 24.3 Å². The van der Waals surface area contributed by atoms with Crippen molar-refractivity contribution in [1.29, 1.82) is 0 Å². The van der Waals surface area contributed by atoms with Gasteiger partial charge in [-0.05, 0) is 54.3 Å². The Morgan fingerprint density at radius 1 is 0.875 bits per heavy atom. The number of anilines is 1. The van der Waals surface area contributed by atoms with E-state index in [1.165, 1.54) is 0 Å². The van der Waals surface area contributed by atoms with Gasteiger partial charge in [-0.1, -0.05) is 56.7 Å². The van der Waals surface area contributed by atoms with Crippen LogP contribution in [0.15, 0.2) is 66.7 Å². The van der Waals surface area contributed by atoms with E-state index in [1.807, 2.05) is 49.4 Å². The zero-order valence-electron chi connectivity index (χ0n) is 18.6. The first kappa shape index (κ1) is 23.1. The predicted molar refractivity (Wildman–Crippen MR) is 128 cm³/mol. The van der Waals surface area contributed by atoms with E-state index in [9.17, 15) is 9.59 Å². The average Bonchev–Trinajstić information content (AvgIpc) is 2.83. The first-order chi connectivity index (χ1) is 15.7. The summed E-state index contributed by atoms with van der Waals surface area (Å²) in [4.78, 5) is 24.9. The van der Waals surface area contributed by atoms with Crippen LogP contribution in [0.25, 0.3) is 11.1 Å². The van der Waals surface area contributed by atoms with Crippen molar-refractivity contribution >= 4 is 17.9 Å². The van der Waals surface area contributed by atoms with Crippen LogP contribution in [0.3, 0.4) is 0 Å². The Morgan fingerprint density at radius 2 is 1.69 bits per heavy atom. The van der Waals surface area contributed by atoms with Crippen LogP contribution in [0.1, 0.15) is 53.8 Å². The summed E-state index contributed by atoms with van der Waals surface area (Å²) in [7, 11) is 0. The summed E-state index contributed by atoms with van der Waals surface area (Å²) in [5.74, 6) is 0.743. The van der Waals surface area contributed by atoms with Crippen molar-refractivity contribution in [3.8, 4) is 22.6 Å². The minimum Gasteiger partial charge on any atom is -0.494 e. The van der Waals surface area contributed by atoms with E-state index in [0.717, 1.165) is 36.7 Å². The van der Waals surface area contributed by atoms with Gasteiger partial charge >= 0.3 is 0 Å². The Morgan fingerprint density at radius 3 is 2.41 bits per heavy atom. The van der Waals surface area contributed by atoms with Crippen LogP contribution in [0.4, 0.5) is 5.69 Å². The summed E-state index contributed by atoms with van der Waals surface area (Å²) < 4.78 is 11.6. The van der Waals surface area contributed by atoms with Crippen molar-refractivity contribution in [2.45, 2.75) is 33.1 Å². The van der Waals surface area contributed by atoms with E-state index in [2.05, 4.69) is 12.2 Å². The molecule has 0 heterocycles. The molecule has 0 saturated heterocycles. The molecule has 1 N–H and O–H groups in total. The maximum Gasteiger partial charge on any atom is 0.259 e. The quantitative estimate of drug-likeness (QED) is 0.282. The van der Waals surface area contributed by atoms with E-state index in [4.69, 9.17) is 9.47 Å². The van der Waals surface area contributed by atoms with Crippen LogP contribution in [0.5, 0.6) is 11.5 Å². The van der Waals surface area contributed by atoms with E-state index in [-0.39, 0.29) is 5.91 Å². The third-order valence-corrected chi connectivity index (χ3v) is 4.96. The molecule has 0 aromatic heterocycles. The molecule has 166 valence electrons. The van der Waals surface area contributed by atoms with E-state index >= 15 is 0 Å². The van der Waals surface area contributed by atoms with Gasteiger partial charge in [0, 0.05) is 5.56 Å². The van der Waals surface area contributed by atoms with Crippen molar-refractivity contribution in [3.05, 3.63) is 77.9 Å². The molecule has 0 unspecified atom stereocenters. The van der Waals surface area contributed by atoms with Gasteiger partial charge in [0.15, 0.2) is 6.29 Å². The van der Waals surface area contributed by atoms with Crippen LogP contribution >= 0.6 is 0 Å². The fourth-order valence-electron chi connectivity index (χ4n) is 3.22. The van der Waals surface area contributed by atoms with Crippen LogP contribution in [0, 0.1) is 0 Å². The van der Waals surface area contributed by atoms with Crippen molar-refractivity contribution in [2.75, 3.05) is 18.5 Å². The standard InChI is InChI=1S/C27H29NO4/c1-3-5-16-32-26-14-13-23(31-15-4-2)18-24(26)27(30)28-25-17-21(11-12-22(25)19-29)20-9-7-6-8-10-20/h6-14,17-19H,3-5,15-16H2,1-2H3,(H,28,30). The highest BCUT2D eigenvalue weighted by atomic mass is 16.5. The molecule has 0 fully saturated rings. The largest absolute Gasteiger partial charge is 0.494 e. The summed E-state index contributed by atoms with van der Waals surface area (Å²) in [6.07, 6.45) is 3.49. The number of benzene rings is 3. The Bertz CT molecular complexity index is 1050. The molecule has 0 aliphatic rings. The second-order valence-electron chi connectivity index (χ2n) is 7.45. The third kappa shape index (κ3) is 5.97.